The number of rotatable bonds is 2. The molecule has 0 saturated carbocycles. The number of carbonyl (C=O) groups is 1. The summed E-state index contributed by atoms with van der Waals surface area (Å²) in [5, 5.41) is 12.7. The van der Waals surface area contributed by atoms with Crippen LogP contribution in [-0.4, -0.2) is 11.0 Å². The van der Waals surface area contributed by atoms with E-state index in [2.05, 4.69) is 53.1 Å². The van der Waals surface area contributed by atoms with Gasteiger partial charge in [-0.05, 0) is 66.0 Å². The minimum Gasteiger partial charge on any atom is -0.506 e. The molecule has 0 spiro atoms. The van der Waals surface area contributed by atoms with Gasteiger partial charge in [-0.2, -0.15) is 0 Å². The van der Waals surface area contributed by atoms with Crippen LogP contribution in [0.15, 0.2) is 49.8 Å². The second kappa shape index (κ2) is 6.07. The summed E-state index contributed by atoms with van der Waals surface area (Å²) in [6.07, 6.45) is 0. The zero-order valence-corrected chi connectivity index (χ0v) is 14.2. The molecule has 19 heavy (non-hydrogen) atoms. The van der Waals surface area contributed by atoms with Crippen LogP contribution in [0.5, 0.6) is 5.75 Å². The molecule has 0 aliphatic heterocycles. The second-order valence-electron chi connectivity index (χ2n) is 3.70. The summed E-state index contributed by atoms with van der Waals surface area (Å²) < 4.78 is 1.76. The Balaban J connectivity index is 2.35. The van der Waals surface area contributed by atoms with Gasteiger partial charge in [-0.25, -0.2) is 0 Å². The van der Waals surface area contributed by atoms with Gasteiger partial charge >= 0.3 is 0 Å². The molecule has 0 aromatic heterocycles. The van der Waals surface area contributed by atoms with E-state index in [4.69, 9.17) is 0 Å². The van der Waals surface area contributed by atoms with Crippen LogP contribution in [0.4, 0.5) is 5.69 Å². The Morgan fingerprint density at radius 3 is 2.32 bits per heavy atom. The lowest BCUT2D eigenvalue weighted by atomic mass is 10.2. The highest BCUT2D eigenvalue weighted by Gasteiger charge is 2.18. The zero-order valence-electron chi connectivity index (χ0n) is 9.45. The summed E-state index contributed by atoms with van der Waals surface area (Å²) in [5.74, 6) is -0.485. The Morgan fingerprint density at radius 1 is 1.05 bits per heavy atom. The molecular weight excluding hydrogens is 442 g/mol. The standard InChI is InChI=1S/C13H8Br3NO2/c14-9-6-8(12(18)11(16)10(9)15)13(19)17-7-4-2-1-3-5-7/h1-6,18H,(H,17,19). The van der Waals surface area contributed by atoms with E-state index in [1.54, 1.807) is 18.2 Å². The number of aromatic hydroxyl groups is 1. The van der Waals surface area contributed by atoms with E-state index >= 15 is 0 Å². The first-order valence-corrected chi connectivity index (χ1v) is 7.61. The van der Waals surface area contributed by atoms with E-state index in [0.717, 1.165) is 0 Å². The number of amides is 1. The maximum atomic E-state index is 12.1. The number of nitrogens with one attached hydrogen (secondary N) is 1. The van der Waals surface area contributed by atoms with Gasteiger partial charge in [0.05, 0.1) is 10.0 Å². The lowest BCUT2D eigenvalue weighted by Crippen LogP contribution is -2.12. The molecule has 0 heterocycles. The molecule has 98 valence electrons. The SMILES string of the molecule is O=C(Nc1ccccc1)c1cc(Br)c(Br)c(Br)c1O. The fraction of sp³-hybridized carbons (Fsp3) is 0. The summed E-state index contributed by atoms with van der Waals surface area (Å²) in [6.45, 7) is 0. The predicted octanol–water partition coefficient (Wildman–Crippen LogP) is 4.93. The maximum absolute atomic E-state index is 12.1. The van der Waals surface area contributed by atoms with Crippen molar-refractivity contribution < 1.29 is 9.90 Å². The minimum atomic E-state index is -0.377. The fourth-order valence-corrected chi connectivity index (χ4v) is 2.90. The third kappa shape index (κ3) is 3.19. The summed E-state index contributed by atoms with van der Waals surface area (Å²) in [5.41, 5.74) is 0.855. The van der Waals surface area contributed by atoms with Crippen molar-refractivity contribution in [2.24, 2.45) is 0 Å². The highest BCUT2D eigenvalue weighted by molar-refractivity contribution is 9.14. The number of benzene rings is 2. The molecule has 0 fully saturated rings. The van der Waals surface area contributed by atoms with Crippen LogP contribution in [0.3, 0.4) is 0 Å². The van der Waals surface area contributed by atoms with Crippen LogP contribution in [0.25, 0.3) is 0 Å². The molecule has 0 bridgehead atoms. The summed E-state index contributed by atoms with van der Waals surface area (Å²) in [7, 11) is 0. The Kier molecular flexibility index (Phi) is 4.65. The van der Waals surface area contributed by atoms with Gasteiger partial charge in [0.15, 0.2) is 0 Å². The third-order valence-electron chi connectivity index (χ3n) is 2.41. The molecule has 1 amide bonds. The van der Waals surface area contributed by atoms with Crippen molar-refractivity contribution in [2.45, 2.75) is 0 Å². The number of hydrogen-bond donors (Lipinski definition) is 2. The van der Waals surface area contributed by atoms with Crippen molar-refractivity contribution in [3.63, 3.8) is 0 Å². The molecule has 2 aromatic rings. The number of hydrogen-bond acceptors (Lipinski definition) is 2. The molecule has 0 radical (unpaired) electrons. The number of phenols is 1. The first-order chi connectivity index (χ1) is 9.00. The van der Waals surface area contributed by atoms with Gasteiger partial charge in [0.1, 0.15) is 5.75 Å². The lowest BCUT2D eigenvalue weighted by molar-refractivity contribution is 0.102. The van der Waals surface area contributed by atoms with Gasteiger partial charge in [0.25, 0.3) is 5.91 Å². The predicted molar refractivity (Wildman–Crippen MR) is 85.6 cm³/mol. The molecule has 0 aliphatic rings. The first-order valence-electron chi connectivity index (χ1n) is 5.23. The highest BCUT2D eigenvalue weighted by atomic mass is 79.9. The number of phenolic OH excluding ortho intramolecular Hbond substituents is 1. The van der Waals surface area contributed by atoms with Crippen molar-refractivity contribution in [2.75, 3.05) is 5.32 Å². The number of para-hydroxylation sites is 1. The Bertz CT molecular complexity index is 630. The molecule has 0 unspecified atom stereocenters. The summed E-state index contributed by atoms with van der Waals surface area (Å²) in [4.78, 5) is 12.1. The van der Waals surface area contributed by atoms with Crippen LogP contribution >= 0.6 is 47.8 Å². The van der Waals surface area contributed by atoms with Crippen LogP contribution in [0, 0.1) is 0 Å². The van der Waals surface area contributed by atoms with E-state index in [9.17, 15) is 9.90 Å². The number of carbonyl (C=O) groups excluding carboxylic acids is 1. The molecule has 2 rings (SSSR count). The molecule has 6 heteroatoms. The lowest BCUT2D eigenvalue weighted by Gasteiger charge is -2.10. The van der Waals surface area contributed by atoms with Gasteiger partial charge in [-0.15, -0.1) is 0 Å². The van der Waals surface area contributed by atoms with Gasteiger partial charge in [0.2, 0.25) is 0 Å². The Morgan fingerprint density at radius 2 is 1.68 bits per heavy atom. The van der Waals surface area contributed by atoms with Gasteiger partial charge in [0, 0.05) is 14.6 Å². The smallest absolute Gasteiger partial charge is 0.259 e. The van der Waals surface area contributed by atoms with E-state index < -0.39 is 0 Å². The van der Waals surface area contributed by atoms with Gasteiger partial charge in [-0.1, -0.05) is 18.2 Å². The molecule has 2 aromatic carbocycles. The molecular formula is C13H8Br3NO2. The van der Waals surface area contributed by atoms with Crippen LogP contribution in [0.1, 0.15) is 10.4 Å². The highest BCUT2D eigenvalue weighted by Crippen LogP contribution is 2.40. The number of halogens is 3. The third-order valence-corrected chi connectivity index (χ3v) is 5.70. The Hall–Kier alpha value is -0.850. The van der Waals surface area contributed by atoms with Crippen molar-refractivity contribution in [3.05, 3.63) is 55.4 Å². The van der Waals surface area contributed by atoms with E-state index in [-0.39, 0.29) is 17.2 Å². The summed E-state index contributed by atoms with van der Waals surface area (Å²) >= 11 is 9.84. The average Bonchev–Trinajstić information content (AvgIpc) is 2.41. The van der Waals surface area contributed by atoms with E-state index in [1.807, 2.05) is 18.2 Å². The fourth-order valence-electron chi connectivity index (χ4n) is 1.48. The molecule has 0 atom stereocenters. The van der Waals surface area contributed by atoms with Crippen LogP contribution < -0.4 is 5.32 Å². The topological polar surface area (TPSA) is 49.3 Å². The molecule has 0 saturated heterocycles. The van der Waals surface area contributed by atoms with E-state index in [1.165, 1.54) is 0 Å². The largest absolute Gasteiger partial charge is 0.506 e. The van der Waals surface area contributed by atoms with Crippen LogP contribution in [-0.2, 0) is 0 Å². The summed E-state index contributed by atoms with van der Waals surface area (Å²) in [6, 6.07) is 10.6. The first kappa shape index (κ1) is 14.6. The normalized spacial score (nSPS) is 10.3. The second-order valence-corrected chi connectivity index (χ2v) is 6.14. The number of anilines is 1. The Labute approximate surface area is 135 Å². The van der Waals surface area contributed by atoms with Crippen molar-refractivity contribution in [1.82, 2.24) is 0 Å². The van der Waals surface area contributed by atoms with Crippen molar-refractivity contribution in [1.29, 1.82) is 0 Å². The average molecular weight is 450 g/mol. The van der Waals surface area contributed by atoms with Crippen molar-refractivity contribution >= 4 is 59.4 Å². The van der Waals surface area contributed by atoms with E-state index in [0.29, 0.717) is 19.1 Å². The molecule has 0 aliphatic carbocycles. The minimum absolute atomic E-state index is 0.108. The maximum Gasteiger partial charge on any atom is 0.259 e. The van der Waals surface area contributed by atoms with Gasteiger partial charge in [-0.3, -0.25) is 4.79 Å². The molecule has 3 nitrogen and oxygen atoms in total. The quantitative estimate of drug-likeness (QED) is 0.638. The molecule has 2 N–H and O–H groups in total. The zero-order chi connectivity index (χ0) is 14.0. The van der Waals surface area contributed by atoms with Crippen molar-refractivity contribution in [3.8, 4) is 5.75 Å². The monoisotopic (exact) mass is 447 g/mol. The van der Waals surface area contributed by atoms with Crippen LogP contribution in [0.2, 0.25) is 0 Å². The van der Waals surface area contributed by atoms with Gasteiger partial charge < -0.3 is 10.4 Å².